The van der Waals surface area contributed by atoms with Gasteiger partial charge in [0.15, 0.2) is 0 Å². The van der Waals surface area contributed by atoms with Crippen LogP contribution in [0.25, 0.3) is 0 Å². The lowest BCUT2D eigenvalue weighted by molar-refractivity contribution is 0.0917. The highest BCUT2D eigenvalue weighted by atomic mass is 35.5. The molecule has 0 bridgehead atoms. The molecule has 4 nitrogen and oxygen atoms in total. The minimum absolute atomic E-state index is 0.180. The van der Waals surface area contributed by atoms with Crippen molar-refractivity contribution in [2.24, 2.45) is 5.92 Å². The molecule has 104 valence electrons. The molecule has 1 saturated carbocycles. The Labute approximate surface area is 118 Å². The maximum absolute atomic E-state index is 12.1. The summed E-state index contributed by atoms with van der Waals surface area (Å²) in [5.74, 6) is 1.13. The highest BCUT2D eigenvalue weighted by Gasteiger charge is 2.21. The maximum atomic E-state index is 12.1. The van der Waals surface area contributed by atoms with Crippen molar-refractivity contribution in [3.05, 3.63) is 23.0 Å². The second-order valence-corrected chi connectivity index (χ2v) is 5.53. The number of halogens is 1. The number of aromatic nitrogens is 1. The van der Waals surface area contributed by atoms with Crippen LogP contribution < -0.4 is 10.1 Å². The van der Waals surface area contributed by atoms with Crippen molar-refractivity contribution in [2.75, 3.05) is 7.11 Å². The molecule has 0 atom stereocenters. The lowest BCUT2D eigenvalue weighted by Gasteiger charge is -2.26. The van der Waals surface area contributed by atoms with Gasteiger partial charge in [-0.15, -0.1) is 0 Å². The van der Waals surface area contributed by atoms with E-state index in [1.807, 2.05) is 0 Å². The van der Waals surface area contributed by atoms with Crippen LogP contribution in [0.5, 0.6) is 5.75 Å². The number of carbonyl (C=O) groups excluding carboxylic acids is 1. The maximum Gasteiger partial charge on any atom is 0.270 e. The highest BCUT2D eigenvalue weighted by molar-refractivity contribution is 6.29. The van der Waals surface area contributed by atoms with E-state index in [0.29, 0.717) is 11.4 Å². The third-order valence-corrected chi connectivity index (χ3v) is 3.78. The zero-order valence-electron chi connectivity index (χ0n) is 11.3. The van der Waals surface area contributed by atoms with Gasteiger partial charge in [-0.3, -0.25) is 4.79 Å². The molecular weight excluding hydrogens is 264 g/mol. The fourth-order valence-corrected chi connectivity index (χ4v) is 2.57. The lowest BCUT2D eigenvalue weighted by atomic mass is 9.87. The summed E-state index contributed by atoms with van der Waals surface area (Å²) in [6.45, 7) is 2.25. The summed E-state index contributed by atoms with van der Waals surface area (Å²) in [6.07, 6.45) is 4.39. The lowest BCUT2D eigenvalue weighted by Crippen LogP contribution is -2.37. The largest absolute Gasteiger partial charge is 0.497 e. The van der Waals surface area contributed by atoms with E-state index in [4.69, 9.17) is 16.3 Å². The number of carbonyl (C=O) groups is 1. The van der Waals surface area contributed by atoms with E-state index in [9.17, 15) is 4.79 Å². The Morgan fingerprint density at radius 2 is 2.05 bits per heavy atom. The summed E-state index contributed by atoms with van der Waals surface area (Å²) < 4.78 is 5.09. The van der Waals surface area contributed by atoms with Crippen LogP contribution >= 0.6 is 11.6 Å². The third kappa shape index (κ3) is 3.83. The summed E-state index contributed by atoms with van der Waals surface area (Å²) in [5.41, 5.74) is 0.308. The average Bonchev–Trinajstić information content (AvgIpc) is 2.40. The Hall–Kier alpha value is -1.29. The molecule has 0 aliphatic heterocycles. The van der Waals surface area contributed by atoms with Crippen molar-refractivity contribution in [3.63, 3.8) is 0 Å². The number of pyridine rings is 1. The van der Waals surface area contributed by atoms with Crippen molar-refractivity contribution >= 4 is 17.5 Å². The monoisotopic (exact) mass is 282 g/mol. The summed E-state index contributed by atoms with van der Waals surface area (Å²) >= 11 is 5.86. The molecule has 0 unspecified atom stereocenters. The highest BCUT2D eigenvalue weighted by Crippen LogP contribution is 2.24. The van der Waals surface area contributed by atoms with E-state index in [1.165, 1.54) is 7.11 Å². The number of ether oxygens (including phenoxy) is 1. The first-order valence-corrected chi connectivity index (χ1v) is 6.98. The van der Waals surface area contributed by atoms with Crippen molar-refractivity contribution < 1.29 is 9.53 Å². The van der Waals surface area contributed by atoms with E-state index in [0.717, 1.165) is 31.6 Å². The third-order valence-electron chi connectivity index (χ3n) is 3.59. The molecule has 1 fully saturated rings. The van der Waals surface area contributed by atoms with E-state index in [-0.39, 0.29) is 17.1 Å². The average molecular weight is 283 g/mol. The molecule has 0 aromatic carbocycles. The van der Waals surface area contributed by atoms with Crippen LogP contribution in [0.3, 0.4) is 0 Å². The summed E-state index contributed by atoms with van der Waals surface area (Å²) in [7, 11) is 1.54. The van der Waals surface area contributed by atoms with Crippen LogP contribution in [0.2, 0.25) is 5.15 Å². The van der Waals surface area contributed by atoms with Gasteiger partial charge in [0, 0.05) is 18.2 Å². The fourth-order valence-electron chi connectivity index (χ4n) is 2.37. The van der Waals surface area contributed by atoms with Crippen molar-refractivity contribution in [1.82, 2.24) is 10.3 Å². The molecule has 1 aromatic heterocycles. The fraction of sp³-hybridized carbons (Fsp3) is 0.571. The van der Waals surface area contributed by atoms with Crippen molar-refractivity contribution in [1.29, 1.82) is 0 Å². The van der Waals surface area contributed by atoms with Gasteiger partial charge in [-0.05, 0) is 31.6 Å². The molecule has 1 aliphatic rings. The van der Waals surface area contributed by atoms with Gasteiger partial charge in [0.05, 0.1) is 7.11 Å². The summed E-state index contributed by atoms with van der Waals surface area (Å²) in [6, 6.07) is 3.43. The van der Waals surface area contributed by atoms with Crippen molar-refractivity contribution in [3.8, 4) is 5.75 Å². The molecule has 0 saturated heterocycles. The number of rotatable bonds is 3. The quantitative estimate of drug-likeness (QED) is 0.867. The van der Waals surface area contributed by atoms with Crippen LogP contribution in [-0.2, 0) is 0 Å². The summed E-state index contributed by atoms with van der Waals surface area (Å²) in [4.78, 5) is 16.2. The molecule has 5 heteroatoms. The van der Waals surface area contributed by atoms with Gasteiger partial charge in [0.2, 0.25) is 0 Å². The molecule has 1 N–H and O–H groups in total. The molecular formula is C14H19ClN2O2. The van der Waals surface area contributed by atoms with Gasteiger partial charge in [-0.1, -0.05) is 18.5 Å². The smallest absolute Gasteiger partial charge is 0.270 e. The van der Waals surface area contributed by atoms with E-state index >= 15 is 0 Å². The van der Waals surface area contributed by atoms with Gasteiger partial charge >= 0.3 is 0 Å². The normalized spacial score (nSPS) is 22.9. The molecule has 1 amide bonds. The Morgan fingerprint density at radius 3 is 2.68 bits per heavy atom. The standard InChI is InChI=1S/C14H19ClN2O2/c1-9-3-5-10(6-4-9)16-14(18)12-7-11(19-2)8-13(15)17-12/h7-10H,3-6H2,1-2H3,(H,16,18). The molecule has 0 radical (unpaired) electrons. The zero-order chi connectivity index (χ0) is 13.8. The van der Waals surface area contributed by atoms with E-state index < -0.39 is 0 Å². The topological polar surface area (TPSA) is 51.2 Å². The van der Waals surface area contributed by atoms with Gasteiger partial charge < -0.3 is 10.1 Å². The number of hydrogen-bond acceptors (Lipinski definition) is 3. The van der Waals surface area contributed by atoms with Gasteiger partial charge in [-0.25, -0.2) is 4.98 Å². The number of nitrogens with one attached hydrogen (secondary N) is 1. The Kier molecular flexibility index (Phi) is 4.64. The van der Waals surface area contributed by atoms with Crippen LogP contribution in [0.1, 0.15) is 43.1 Å². The SMILES string of the molecule is COc1cc(Cl)nc(C(=O)NC2CCC(C)CC2)c1. The van der Waals surface area contributed by atoms with Crippen LogP contribution in [0.4, 0.5) is 0 Å². The number of methoxy groups -OCH3 is 1. The minimum atomic E-state index is -0.180. The second kappa shape index (κ2) is 6.24. The summed E-state index contributed by atoms with van der Waals surface area (Å²) in [5, 5.41) is 3.28. The predicted octanol–water partition coefficient (Wildman–Crippen LogP) is 3.05. The van der Waals surface area contributed by atoms with Crippen LogP contribution in [0.15, 0.2) is 12.1 Å². The molecule has 0 spiro atoms. The first kappa shape index (κ1) is 14.1. The number of hydrogen-bond donors (Lipinski definition) is 1. The van der Waals surface area contributed by atoms with Gasteiger partial charge in [0.25, 0.3) is 5.91 Å². The Bertz CT molecular complexity index is 457. The number of amides is 1. The van der Waals surface area contributed by atoms with Gasteiger partial charge in [-0.2, -0.15) is 0 Å². The van der Waals surface area contributed by atoms with Crippen LogP contribution in [0, 0.1) is 5.92 Å². The molecule has 1 aliphatic carbocycles. The Balaban J connectivity index is 2.01. The molecule has 1 aromatic rings. The number of nitrogens with zero attached hydrogens (tertiary/aromatic N) is 1. The molecule has 2 rings (SSSR count). The Morgan fingerprint density at radius 1 is 1.37 bits per heavy atom. The predicted molar refractivity (Wildman–Crippen MR) is 74.7 cm³/mol. The van der Waals surface area contributed by atoms with E-state index in [2.05, 4.69) is 17.2 Å². The first-order valence-electron chi connectivity index (χ1n) is 6.61. The van der Waals surface area contributed by atoms with Crippen LogP contribution in [-0.4, -0.2) is 24.0 Å². The first-order chi connectivity index (χ1) is 9.08. The minimum Gasteiger partial charge on any atom is -0.497 e. The second-order valence-electron chi connectivity index (χ2n) is 5.15. The molecule has 19 heavy (non-hydrogen) atoms. The van der Waals surface area contributed by atoms with Crippen molar-refractivity contribution in [2.45, 2.75) is 38.6 Å². The zero-order valence-corrected chi connectivity index (χ0v) is 12.0. The van der Waals surface area contributed by atoms with Gasteiger partial charge in [0.1, 0.15) is 16.6 Å². The molecule has 1 heterocycles. The van der Waals surface area contributed by atoms with E-state index in [1.54, 1.807) is 12.1 Å².